The number of nitrogens with two attached hydrogens (primary N) is 1. The largest absolute Gasteiger partial charge is 0.348 e. The van der Waals surface area contributed by atoms with Gasteiger partial charge in [-0.3, -0.25) is 14.4 Å². The lowest BCUT2D eigenvalue weighted by atomic mass is 10.0. The minimum atomic E-state index is -0.628. The molecule has 5 N–H and O–H groups in total. The van der Waals surface area contributed by atoms with Gasteiger partial charge in [0.05, 0.1) is 25.0 Å². The van der Waals surface area contributed by atoms with E-state index < -0.39 is 6.04 Å². The van der Waals surface area contributed by atoms with E-state index in [9.17, 15) is 14.4 Å². The molecule has 0 saturated heterocycles. The van der Waals surface area contributed by atoms with Gasteiger partial charge >= 0.3 is 0 Å². The molecule has 0 saturated carbocycles. The number of hydrogen-bond acceptors (Lipinski definition) is 4. The average Bonchev–Trinajstić information content (AvgIpc) is 2.90. The van der Waals surface area contributed by atoms with Crippen molar-refractivity contribution in [2.75, 3.05) is 11.9 Å². The normalized spacial score (nSPS) is 14.8. The fourth-order valence-corrected chi connectivity index (χ4v) is 2.48. The Morgan fingerprint density at radius 1 is 1.28 bits per heavy atom. The average molecular weight is 369 g/mol. The molecule has 0 radical (unpaired) electrons. The van der Waals surface area contributed by atoms with Crippen LogP contribution in [0.1, 0.15) is 37.9 Å². The molecule has 138 valence electrons. The molecule has 0 aromatic heterocycles. The zero-order valence-electron chi connectivity index (χ0n) is 14.6. The van der Waals surface area contributed by atoms with E-state index >= 15 is 0 Å². The summed E-state index contributed by atoms with van der Waals surface area (Å²) in [6.45, 7) is 5.43. The number of benzene rings is 1. The Kier molecular flexibility index (Phi) is 7.38. The summed E-state index contributed by atoms with van der Waals surface area (Å²) in [7, 11) is 0. The van der Waals surface area contributed by atoms with Crippen molar-refractivity contribution in [3.8, 4) is 0 Å². The van der Waals surface area contributed by atoms with Crippen molar-refractivity contribution in [1.29, 1.82) is 0 Å². The number of fused-ring (bicyclic) bond motifs is 1. The first-order valence-electron chi connectivity index (χ1n) is 8.03. The molecule has 0 bridgehead atoms. The Hall–Kier alpha value is -2.12. The van der Waals surface area contributed by atoms with Crippen LogP contribution < -0.4 is 21.7 Å². The van der Waals surface area contributed by atoms with Crippen LogP contribution in [0.15, 0.2) is 18.2 Å². The first-order valence-corrected chi connectivity index (χ1v) is 8.03. The van der Waals surface area contributed by atoms with Crippen LogP contribution in [-0.2, 0) is 20.8 Å². The number of nitrogens with one attached hydrogen (secondary N) is 3. The molecule has 7 nitrogen and oxygen atoms in total. The highest BCUT2D eigenvalue weighted by Crippen LogP contribution is 2.26. The molecule has 0 spiro atoms. The smallest absolute Gasteiger partial charge is 0.239 e. The molecule has 2 atom stereocenters. The van der Waals surface area contributed by atoms with E-state index in [4.69, 9.17) is 5.73 Å². The van der Waals surface area contributed by atoms with Crippen molar-refractivity contribution in [3.05, 3.63) is 29.3 Å². The van der Waals surface area contributed by atoms with E-state index in [2.05, 4.69) is 16.0 Å². The van der Waals surface area contributed by atoms with Gasteiger partial charge in [0.2, 0.25) is 17.7 Å². The van der Waals surface area contributed by atoms with Gasteiger partial charge < -0.3 is 21.7 Å². The number of anilines is 1. The molecule has 25 heavy (non-hydrogen) atoms. The standard InChI is InChI=1S/C17H24N4O3.ClH/c1-9(2)16(18)17(24)19-8-15(23)20-10(3)11-4-5-13-12(6-11)7-14(22)21-13;/h4-6,9-10,16H,7-8,18H2,1-3H3,(H,19,24)(H,20,23)(H,21,22);1H/t10?,16-;/m0./s1. The van der Waals surface area contributed by atoms with Crippen LogP contribution in [0.4, 0.5) is 5.69 Å². The molecule has 1 unspecified atom stereocenters. The maximum atomic E-state index is 12.0. The van der Waals surface area contributed by atoms with Crippen LogP contribution in [0.2, 0.25) is 0 Å². The second-order valence-electron chi connectivity index (χ2n) is 6.42. The zero-order chi connectivity index (χ0) is 17.9. The highest BCUT2D eigenvalue weighted by Gasteiger charge is 2.20. The van der Waals surface area contributed by atoms with E-state index in [1.54, 1.807) is 0 Å². The number of hydrogen-bond donors (Lipinski definition) is 4. The Morgan fingerprint density at radius 2 is 1.96 bits per heavy atom. The van der Waals surface area contributed by atoms with Gasteiger partial charge in [-0.05, 0) is 30.0 Å². The predicted octanol–water partition coefficient (Wildman–Crippen LogP) is 0.880. The quantitative estimate of drug-likeness (QED) is 0.596. The van der Waals surface area contributed by atoms with Gasteiger partial charge in [-0.25, -0.2) is 0 Å². The Morgan fingerprint density at radius 3 is 2.60 bits per heavy atom. The first-order chi connectivity index (χ1) is 11.3. The van der Waals surface area contributed by atoms with Crippen molar-refractivity contribution in [1.82, 2.24) is 10.6 Å². The van der Waals surface area contributed by atoms with Crippen LogP contribution >= 0.6 is 12.4 Å². The van der Waals surface area contributed by atoms with Gasteiger partial charge in [0, 0.05) is 5.69 Å². The molecule has 0 aliphatic carbocycles. The van der Waals surface area contributed by atoms with Crippen molar-refractivity contribution in [2.45, 2.75) is 39.3 Å². The fourth-order valence-electron chi connectivity index (χ4n) is 2.48. The third-order valence-corrected chi connectivity index (χ3v) is 4.08. The van der Waals surface area contributed by atoms with Crippen LogP contribution in [0, 0.1) is 5.92 Å². The highest BCUT2D eigenvalue weighted by atomic mass is 35.5. The van der Waals surface area contributed by atoms with Crippen molar-refractivity contribution >= 4 is 35.8 Å². The topological polar surface area (TPSA) is 113 Å². The fraction of sp³-hybridized carbons (Fsp3) is 0.471. The summed E-state index contributed by atoms with van der Waals surface area (Å²) < 4.78 is 0. The summed E-state index contributed by atoms with van der Waals surface area (Å²) in [6, 6.07) is 4.75. The lowest BCUT2D eigenvalue weighted by Gasteiger charge is -2.17. The van der Waals surface area contributed by atoms with E-state index in [0.29, 0.717) is 6.42 Å². The van der Waals surface area contributed by atoms with Gasteiger partial charge in [0.15, 0.2) is 0 Å². The number of carbonyl (C=O) groups is 3. The molecule has 0 fully saturated rings. The zero-order valence-corrected chi connectivity index (χ0v) is 15.4. The lowest BCUT2D eigenvalue weighted by Crippen LogP contribution is -2.47. The van der Waals surface area contributed by atoms with Crippen molar-refractivity contribution < 1.29 is 14.4 Å². The molecule has 1 aromatic carbocycles. The number of rotatable bonds is 6. The van der Waals surface area contributed by atoms with Crippen molar-refractivity contribution in [2.24, 2.45) is 11.7 Å². The second-order valence-corrected chi connectivity index (χ2v) is 6.42. The molecule has 1 heterocycles. The SMILES string of the molecule is CC(NC(=O)CNC(=O)[C@@H](N)C(C)C)c1ccc2c(c1)CC(=O)N2.Cl. The van der Waals surface area contributed by atoms with Gasteiger partial charge in [-0.15, -0.1) is 12.4 Å². The maximum Gasteiger partial charge on any atom is 0.239 e. The predicted molar refractivity (Wildman–Crippen MR) is 98.4 cm³/mol. The summed E-state index contributed by atoms with van der Waals surface area (Å²) in [5.74, 6) is -0.644. The molecule has 2 rings (SSSR count). The Labute approximate surface area is 153 Å². The van der Waals surface area contributed by atoms with Gasteiger partial charge in [-0.1, -0.05) is 26.0 Å². The summed E-state index contributed by atoms with van der Waals surface area (Å²) in [6.07, 6.45) is 0.354. The minimum absolute atomic E-state index is 0. The lowest BCUT2D eigenvalue weighted by molar-refractivity contribution is -0.127. The van der Waals surface area contributed by atoms with Crippen LogP contribution in [0.25, 0.3) is 0 Å². The van der Waals surface area contributed by atoms with E-state index in [-0.39, 0.29) is 48.6 Å². The highest BCUT2D eigenvalue weighted by molar-refractivity contribution is 5.99. The molecule has 3 amide bonds. The van der Waals surface area contributed by atoms with Gasteiger partial charge in [0.25, 0.3) is 0 Å². The first kappa shape index (κ1) is 20.9. The Balaban J connectivity index is 0.00000312. The molecule has 1 aliphatic rings. The molecule has 1 aliphatic heterocycles. The van der Waals surface area contributed by atoms with E-state index in [1.807, 2.05) is 39.0 Å². The monoisotopic (exact) mass is 368 g/mol. The third kappa shape index (κ3) is 5.44. The molecular weight excluding hydrogens is 344 g/mol. The molecule has 8 heteroatoms. The van der Waals surface area contributed by atoms with Crippen LogP contribution in [-0.4, -0.2) is 30.3 Å². The summed E-state index contributed by atoms with van der Waals surface area (Å²) in [5, 5.41) is 8.13. The molecule has 1 aromatic rings. The van der Waals surface area contributed by atoms with Crippen LogP contribution in [0.3, 0.4) is 0 Å². The summed E-state index contributed by atoms with van der Waals surface area (Å²) in [4.78, 5) is 35.1. The maximum absolute atomic E-state index is 12.0. The van der Waals surface area contributed by atoms with Crippen LogP contribution in [0.5, 0.6) is 0 Å². The van der Waals surface area contributed by atoms with E-state index in [1.165, 1.54) is 0 Å². The minimum Gasteiger partial charge on any atom is -0.348 e. The third-order valence-electron chi connectivity index (χ3n) is 4.08. The molecular formula is C17H25ClN4O3. The van der Waals surface area contributed by atoms with Crippen molar-refractivity contribution in [3.63, 3.8) is 0 Å². The van der Waals surface area contributed by atoms with Gasteiger partial charge in [-0.2, -0.15) is 0 Å². The summed E-state index contributed by atoms with van der Waals surface area (Å²) in [5.41, 5.74) is 8.37. The summed E-state index contributed by atoms with van der Waals surface area (Å²) >= 11 is 0. The Bertz CT molecular complexity index is 663. The van der Waals surface area contributed by atoms with E-state index in [0.717, 1.165) is 16.8 Å². The van der Waals surface area contributed by atoms with Gasteiger partial charge in [0.1, 0.15) is 0 Å². The number of amides is 3. The number of halogens is 1. The second kappa shape index (κ2) is 8.82. The number of carbonyl (C=O) groups excluding carboxylic acids is 3.